The largest absolute Gasteiger partial charge is 0.493 e. The van der Waals surface area contributed by atoms with Gasteiger partial charge in [0.25, 0.3) is 5.24 Å². The third-order valence-electron chi connectivity index (χ3n) is 6.07. The summed E-state index contributed by atoms with van der Waals surface area (Å²) in [4.78, 5) is 23.3. The van der Waals surface area contributed by atoms with Crippen molar-refractivity contribution in [3.63, 3.8) is 0 Å². The second kappa shape index (κ2) is 12.2. The molecule has 1 saturated heterocycles. The molecule has 0 spiro atoms. The predicted octanol–water partition coefficient (Wildman–Crippen LogP) is 6.22. The van der Waals surface area contributed by atoms with Gasteiger partial charge in [-0.15, -0.1) is 0 Å². The molecular formula is C27H33NO5S. The lowest BCUT2D eigenvalue weighted by atomic mass is 9.98. The molecule has 1 heterocycles. The Hall–Kier alpha value is -2.67. The number of benzene rings is 2. The highest BCUT2D eigenvalue weighted by Gasteiger charge is 2.33. The van der Waals surface area contributed by atoms with Gasteiger partial charge < -0.3 is 14.2 Å². The Bertz CT molecular complexity index is 989. The van der Waals surface area contributed by atoms with Gasteiger partial charge in [-0.1, -0.05) is 31.9 Å². The second-order valence-electron chi connectivity index (χ2n) is 8.79. The van der Waals surface area contributed by atoms with Crippen molar-refractivity contribution in [3.05, 3.63) is 53.6 Å². The van der Waals surface area contributed by atoms with E-state index in [4.69, 9.17) is 14.2 Å². The zero-order valence-electron chi connectivity index (χ0n) is 19.7. The standard InChI is InChI=1S/C27H33NO5S/c1-2-8-19-17-23(33-21-10-4-3-5-11-21)13-14-24(19)32-16-7-15-31-22-12-6-9-20(18-22)25-26(29)28-27(30)34-25/h6,9,12-14,17-18,21,25H,2-5,7-8,10-11,15-16H2,1H3,(H,28,29,30)/t25-/m0/s1. The first-order chi connectivity index (χ1) is 16.6. The maximum Gasteiger partial charge on any atom is 0.286 e. The maximum atomic E-state index is 11.9. The van der Waals surface area contributed by atoms with Gasteiger partial charge in [0.05, 0.1) is 19.3 Å². The SMILES string of the molecule is CCCc1cc(OC2CCCCC2)ccc1OCCCOc1cccc([C@@H]2SC(=O)NC2=O)c1. The van der Waals surface area contributed by atoms with Crippen LogP contribution in [-0.4, -0.2) is 30.5 Å². The molecule has 6 nitrogen and oxygen atoms in total. The molecule has 0 unspecified atom stereocenters. The summed E-state index contributed by atoms with van der Waals surface area (Å²) in [7, 11) is 0. The molecule has 2 aromatic rings. The van der Waals surface area contributed by atoms with Crippen LogP contribution >= 0.6 is 11.8 Å². The van der Waals surface area contributed by atoms with Crippen molar-refractivity contribution in [1.82, 2.24) is 5.32 Å². The van der Waals surface area contributed by atoms with Gasteiger partial charge in [-0.2, -0.15) is 0 Å². The second-order valence-corrected chi connectivity index (χ2v) is 9.87. The molecule has 1 aliphatic carbocycles. The zero-order chi connectivity index (χ0) is 23.8. The molecule has 1 saturated carbocycles. The Morgan fingerprint density at radius 1 is 0.971 bits per heavy atom. The third kappa shape index (κ3) is 6.69. The number of hydrogen-bond donors (Lipinski definition) is 1. The number of hydrogen-bond acceptors (Lipinski definition) is 6. The Labute approximate surface area is 205 Å². The summed E-state index contributed by atoms with van der Waals surface area (Å²) in [6.07, 6.45) is 9.20. The van der Waals surface area contributed by atoms with Crippen LogP contribution in [0.25, 0.3) is 0 Å². The van der Waals surface area contributed by atoms with E-state index < -0.39 is 5.25 Å². The number of aryl methyl sites for hydroxylation is 1. The average Bonchev–Trinajstić information content (AvgIpc) is 3.19. The first kappa shape index (κ1) is 24.5. The van der Waals surface area contributed by atoms with Crippen LogP contribution in [0.5, 0.6) is 17.2 Å². The van der Waals surface area contributed by atoms with E-state index in [1.54, 1.807) is 0 Å². The molecule has 2 aliphatic rings. The summed E-state index contributed by atoms with van der Waals surface area (Å²) in [5, 5.41) is 1.49. The van der Waals surface area contributed by atoms with Crippen LogP contribution in [0.15, 0.2) is 42.5 Å². The fraction of sp³-hybridized carbons (Fsp3) is 0.481. The van der Waals surface area contributed by atoms with Crippen molar-refractivity contribution in [3.8, 4) is 17.2 Å². The molecule has 0 radical (unpaired) electrons. The molecular weight excluding hydrogens is 450 g/mol. The third-order valence-corrected chi connectivity index (χ3v) is 7.11. The summed E-state index contributed by atoms with van der Waals surface area (Å²) in [5.74, 6) is 2.26. The Morgan fingerprint density at radius 2 is 1.79 bits per heavy atom. The van der Waals surface area contributed by atoms with Crippen molar-refractivity contribution in [2.45, 2.75) is 69.6 Å². The van der Waals surface area contributed by atoms with E-state index >= 15 is 0 Å². The van der Waals surface area contributed by atoms with Crippen molar-refractivity contribution in [2.24, 2.45) is 0 Å². The quantitative estimate of drug-likeness (QED) is 0.382. The predicted molar refractivity (Wildman–Crippen MR) is 134 cm³/mol. The molecule has 1 N–H and O–H groups in total. The number of carbonyl (C=O) groups excluding carboxylic acids is 2. The number of amides is 2. The summed E-state index contributed by atoms with van der Waals surface area (Å²) in [6.45, 7) is 3.22. The summed E-state index contributed by atoms with van der Waals surface area (Å²) in [5.41, 5.74) is 1.95. The zero-order valence-corrected chi connectivity index (χ0v) is 20.5. The van der Waals surface area contributed by atoms with E-state index in [0.29, 0.717) is 25.1 Å². The van der Waals surface area contributed by atoms with Gasteiger partial charge >= 0.3 is 0 Å². The molecule has 1 aliphatic heterocycles. The highest BCUT2D eigenvalue weighted by Crippen LogP contribution is 2.35. The van der Waals surface area contributed by atoms with Gasteiger partial charge in [-0.05, 0) is 85.3 Å². The summed E-state index contributed by atoms with van der Waals surface area (Å²) < 4.78 is 18.2. The first-order valence-corrected chi connectivity index (χ1v) is 13.2. The number of carbonyl (C=O) groups is 2. The summed E-state index contributed by atoms with van der Waals surface area (Å²) >= 11 is 0.997. The topological polar surface area (TPSA) is 73.9 Å². The van der Waals surface area contributed by atoms with Gasteiger partial charge in [0.1, 0.15) is 22.5 Å². The Morgan fingerprint density at radius 3 is 2.56 bits per heavy atom. The molecule has 1 atom stereocenters. The number of ether oxygens (including phenoxy) is 3. The molecule has 2 aromatic carbocycles. The molecule has 7 heteroatoms. The fourth-order valence-corrected chi connectivity index (χ4v) is 5.21. The van der Waals surface area contributed by atoms with Crippen LogP contribution in [-0.2, 0) is 11.2 Å². The number of imide groups is 1. The van der Waals surface area contributed by atoms with E-state index in [1.807, 2.05) is 36.4 Å². The lowest BCUT2D eigenvalue weighted by Gasteiger charge is -2.23. The van der Waals surface area contributed by atoms with E-state index in [2.05, 4.69) is 18.3 Å². The highest BCUT2D eigenvalue weighted by molar-refractivity contribution is 8.15. The van der Waals surface area contributed by atoms with Gasteiger partial charge in [-0.3, -0.25) is 14.9 Å². The fourth-order valence-electron chi connectivity index (χ4n) is 4.38. The highest BCUT2D eigenvalue weighted by atomic mass is 32.2. The maximum absolute atomic E-state index is 11.9. The smallest absolute Gasteiger partial charge is 0.286 e. The lowest BCUT2D eigenvalue weighted by Crippen LogP contribution is -2.20. The van der Waals surface area contributed by atoms with Gasteiger partial charge in [-0.25, -0.2) is 0 Å². The molecule has 2 amide bonds. The molecule has 0 aromatic heterocycles. The number of nitrogens with one attached hydrogen (secondary N) is 1. The van der Waals surface area contributed by atoms with E-state index in [0.717, 1.165) is 60.9 Å². The minimum atomic E-state index is -0.513. The average molecular weight is 484 g/mol. The van der Waals surface area contributed by atoms with Crippen molar-refractivity contribution in [1.29, 1.82) is 0 Å². The van der Waals surface area contributed by atoms with E-state index in [1.165, 1.54) is 24.8 Å². The minimum absolute atomic E-state index is 0.279. The lowest BCUT2D eigenvalue weighted by molar-refractivity contribution is -0.119. The van der Waals surface area contributed by atoms with Crippen LogP contribution in [0.3, 0.4) is 0 Å². The molecule has 182 valence electrons. The van der Waals surface area contributed by atoms with Crippen LogP contribution in [0, 0.1) is 0 Å². The van der Waals surface area contributed by atoms with Crippen molar-refractivity contribution >= 4 is 22.9 Å². The molecule has 0 bridgehead atoms. The van der Waals surface area contributed by atoms with Crippen molar-refractivity contribution in [2.75, 3.05) is 13.2 Å². The Kier molecular flexibility index (Phi) is 8.74. The van der Waals surface area contributed by atoms with Gasteiger partial charge in [0.2, 0.25) is 5.91 Å². The van der Waals surface area contributed by atoms with Gasteiger partial charge in [0, 0.05) is 6.42 Å². The molecule has 34 heavy (non-hydrogen) atoms. The molecule has 2 fully saturated rings. The van der Waals surface area contributed by atoms with Crippen LogP contribution < -0.4 is 19.5 Å². The Balaban J connectivity index is 1.25. The van der Waals surface area contributed by atoms with Crippen LogP contribution in [0.1, 0.15) is 68.2 Å². The van der Waals surface area contributed by atoms with Gasteiger partial charge in [0.15, 0.2) is 0 Å². The van der Waals surface area contributed by atoms with E-state index in [-0.39, 0.29) is 11.1 Å². The number of rotatable bonds is 11. The minimum Gasteiger partial charge on any atom is -0.493 e. The van der Waals surface area contributed by atoms with Crippen LogP contribution in [0.2, 0.25) is 0 Å². The van der Waals surface area contributed by atoms with Crippen molar-refractivity contribution < 1.29 is 23.8 Å². The number of thioether (sulfide) groups is 1. The van der Waals surface area contributed by atoms with Crippen LogP contribution in [0.4, 0.5) is 4.79 Å². The monoisotopic (exact) mass is 483 g/mol. The van der Waals surface area contributed by atoms with E-state index in [9.17, 15) is 9.59 Å². The normalized spacial score (nSPS) is 18.6. The summed E-state index contributed by atoms with van der Waals surface area (Å²) in [6, 6.07) is 13.5. The molecule has 4 rings (SSSR count). The first-order valence-electron chi connectivity index (χ1n) is 12.3.